The molecular weight excluding hydrogens is 547 g/mol. The molecule has 5 heteroatoms. The van der Waals surface area contributed by atoms with Gasteiger partial charge in [0.05, 0.1) is 0 Å². The van der Waals surface area contributed by atoms with Gasteiger partial charge in [-0.1, -0.05) is 55.7 Å². The van der Waals surface area contributed by atoms with Crippen LogP contribution in [0, 0.1) is 0 Å². The Morgan fingerprint density at radius 1 is 0.533 bits per heavy atom. The van der Waals surface area contributed by atoms with E-state index in [9.17, 15) is 0 Å². The second-order valence-electron chi connectivity index (χ2n) is 13.3. The lowest BCUT2D eigenvalue weighted by atomic mass is 9.33. The van der Waals surface area contributed by atoms with E-state index in [1.54, 1.807) is 0 Å². The first-order valence-corrected chi connectivity index (χ1v) is 16.5. The summed E-state index contributed by atoms with van der Waals surface area (Å²) < 4.78 is 0. The second-order valence-corrected chi connectivity index (χ2v) is 13.3. The molecule has 0 radical (unpaired) electrons. The van der Waals surface area contributed by atoms with E-state index in [1.807, 2.05) is 0 Å². The molecule has 0 atom stereocenters. The van der Waals surface area contributed by atoms with Crippen LogP contribution in [0.2, 0.25) is 0 Å². The number of para-hydroxylation sites is 1. The highest BCUT2D eigenvalue weighted by atomic mass is 15.2. The summed E-state index contributed by atoms with van der Waals surface area (Å²) in [6, 6.07) is 41.4. The Hall–Kier alpha value is -4.64. The molecule has 5 aromatic rings. The third kappa shape index (κ3) is 4.59. The van der Waals surface area contributed by atoms with Gasteiger partial charge in [0.1, 0.15) is 0 Å². The Labute approximate surface area is 268 Å². The average molecular weight is 589 g/mol. The van der Waals surface area contributed by atoms with Crippen molar-refractivity contribution in [3.05, 3.63) is 115 Å². The van der Waals surface area contributed by atoms with E-state index in [0.29, 0.717) is 5.92 Å². The summed E-state index contributed by atoms with van der Waals surface area (Å²) in [6.45, 7) is 0.136. The fourth-order valence-corrected chi connectivity index (χ4v) is 7.94. The quantitative estimate of drug-likeness (QED) is 0.189. The van der Waals surface area contributed by atoms with Gasteiger partial charge in [0.2, 0.25) is 0 Å². The number of benzene rings is 5. The molecule has 0 aromatic heterocycles. The van der Waals surface area contributed by atoms with Gasteiger partial charge in [0.15, 0.2) is 0 Å². The zero-order valence-corrected chi connectivity index (χ0v) is 26.9. The third-order valence-electron chi connectivity index (χ3n) is 10.3. The third-order valence-corrected chi connectivity index (χ3v) is 10.3. The molecular formula is C40H41BN4. The Morgan fingerprint density at radius 3 is 1.73 bits per heavy atom. The largest absolute Gasteiger partial charge is 0.378 e. The van der Waals surface area contributed by atoms with E-state index in [0.717, 1.165) is 0 Å². The molecule has 8 rings (SSSR count). The molecule has 2 aliphatic heterocycles. The number of nitrogens with zero attached hydrogens (tertiary/aromatic N) is 4. The normalized spacial score (nSPS) is 15.3. The van der Waals surface area contributed by atoms with Gasteiger partial charge >= 0.3 is 0 Å². The van der Waals surface area contributed by atoms with Crippen molar-refractivity contribution in [2.45, 2.75) is 38.0 Å². The highest BCUT2D eigenvalue weighted by Crippen LogP contribution is 2.44. The van der Waals surface area contributed by atoms with Crippen LogP contribution in [0.25, 0.3) is 0 Å². The zero-order valence-electron chi connectivity index (χ0n) is 26.9. The molecule has 0 spiro atoms. The predicted octanol–water partition coefficient (Wildman–Crippen LogP) is 7.95. The van der Waals surface area contributed by atoms with Crippen molar-refractivity contribution >= 4 is 68.6 Å². The van der Waals surface area contributed by atoms with Crippen LogP contribution in [-0.4, -0.2) is 34.9 Å². The highest BCUT2D eigenvalue weighted by molar-refractivity contribution is 7.00. The van der Waals surface area contributed by atoms with Gasteiger partial charge in [-0.2, -0.15) is 0 Å². The summed E-state index contributed by atoms with van der Waals surface area (Å²) in [5.41, 5.74) is 15.4. The van der Waals surface area contributed by atoms with Crippen molar-refractivity contribution in [2.24, 2.45) is 0 Å². The van der Waals surface area contributed by atoms with Gasteiger partial charge < -0.3 is 19.6 Å². The topological polar surface area (TPSA) is 13.0 Å². The van der Waals surface area contributed by atoms with Gasteiger partial charge in [-0.15, -0.1) is 0 Å². The van der Waals surface area contributed by atoms with Crippen LogP contribution in [0.15, 0.2) is 109 Å². The van der Waals surface area contributed by atoms with Crippen molar-refractivity contribution in [3.63, 3.8) is 0 Å². The van der Waals surface area contributed by atoms with Gasteiger partial charge in [-0.05, 0) is 114 Å². The van der Waals surface area contributed by atoms with Gasteiger partial charge in [-0.25, -0.2) is 0 Å². The molecule has 0 saturated heterocycles. The van der Waals surface area contributed by atoms with E-state index in [-0.39, 0.29) is 6.71 Å². The summed E-state index contributed by atoms with van der Waals surface area (Å²) in [6.07, 6.45) is 6.73. The molecule has 224 valence electrons. The lowest BCUT2D eigenvalue weighted by Crippen LogP contribution is -2.61. The minimum Gasteiger partial charge on any atom is -0.378 e. The lowest BCUT2D eigenvalue weighted by Gasteiger charge is -2.44. The fraction of sp³-hybridized carbons (Fsp3) is 0.250. The van der Waals surface area contributed by atoms with Crippen LogP contribution in [0.4, 0.5) is 45.5 Å². The van der Waals surface area contributed by atoms with E-state index in [1.165, 1.54) is 99.6 Å². The molecule has 1 fully saturated rings. The van der Waals surface area contributed by atoms with Crippen LogP contribution in [0.5, 0.6) is 0 Å². The molecule has 45 heavy (non-hydrogen) atoms. The predicted molar refractivity (Wildman–Crippen MR) is 195 cm³/mol. The van der Waals surface area contributed by atoms with Crippen molar-refractivity contribution in [1.82, 2.24) is 0 Å². The molecule has 5 aromatic carbocycles. The SMILES string of the molecule is CN(C)c1ccc(N2c3ccc(N(C)C)cc3B3c4ccccc4N(c4ccc(C5CCCCC5)cc4)c4cccc2c43)cc1. The first kappa shape index (κ1) is 27.9. The summed E-state index contributed by atoms with van der Waals surface area (Å²) in [4.78, 5) is 9.35. The Bertz CT molecular complexity index is 1860. The number of anilines is 8. The molecule has 0 amide bonds. The summed E-state index contributed by atoms with van der Waals surface area (Å²) in [7, 11) is 8.46. The van der Waals surface area contributed by atoms with Crippen LogP contribution in [0.1, 0.15) is 43.6 Å². The molecule has 1 aliphatic carbocycles. The van der Waals surface area contributed by atoms with Crippen molar-refractivity contribution in [3.8, 4) is 0 Å². The summed E-state index contributed by atoms with van der Waals surface area (Å²) in [5.74, 6) is 0.699. The van der Waals surface area contributed by atoms with E-state index in [2.05, 4.69) is 157 Å². The standard InChI is InChI=1S/C40H41BN4/c1-42(2)30-21-23-32(24-22-30)45-37-26-25-33(43(3)4)27-35(37)41-34-13-8-9-14-36(34)44(38-15-10-16-39(45)40(38)41)31-19-17-29(18-20-31)28-11-6-5-7-12-28/h8-10,13-28H,5-7,11-12H2,1-4H3. The molecule has 4 nitrogen and oxygen atoms in total. The van der Waals surface area contributed by atoms with Crippen molar-refractivity contribution < 1.29 is 0 Å². The molecule has 0 N–H and O–H groups in total. The summed E-state index contributed by atoms with van der Waals surface area (Å²) >= 11 is 0. The smallest absolute Gasteiger partial charge is 0.252 e. The zero-order chi connectivity index (χ0) is 30.7. The second kappa shape index (κ2) is 11.1. The minimum atomic E-state index is 0.136. The minimum absolute atomic E-state index is 0.136. The maximum atomic E-state index is 2.50. The maximum absolute atomic E-state index is 2.50. The fourth-order valence-electron chi connectivity index (χ4n) is 7.94. The van der Waals surface area contributed by atoms with Crippen molar-refractivity contribution in [1.29, 1.82) is 0 Å². The van der Waals surface area contributed by atoms with Gasteiger partial charge in [-0.3, -0.25) is 0 Å². The monoisotopic (exact) mass is 588 g/mol. The van der Waals surface area contributed by atoms with Gasteiger partial charge in [0.25, 0.3) is 6.71 Å². The van der Waals surface area contributed by atoms with Gasteiger partial charge in [0, 0.05) is 73.7 Å². The molecule has 3 aliphatic rings. The van der Waals surface area contributed by atoms with E-state index in [4.69, 9.17) is 0 Å². The summed E-state index contributed by atoms with van der Waals surface area (Å²) in [5, 5.41) is 0. The molecule has 1 saturated carbocycles. The highest BCUT2D eigenvalue weighted by Gasteiger charge is 2.43. The first-order valence-electron chi connectivity index (χ1n) is 16.5. The molecule has 0 bridgehead atoms. The van der Waals surface area contributed by atoms with E-state index >= 15 is 0 Å². The number of fused-ring (bicyclic) bond motifs is 4. The Morgan fingerprint density at radius 2 is 1.09 bits per heavy atom. The van der Waals surface area contributed by atoms with Crippen LogP contribution in [0.3, 0.4) is 0 Å². The Balaban J connectivity index is 1.33. The number of hydrogen-bond acceptors (Lipinski definition) is 4. The Kier molecular flexibility index (Phi) is 6.86. The average Bonchev–Trinajstić information content (AvgIpc) is 3.08. The van der Waals surface area contributed by atoms with Crippen LogP contribution < -0.4 is 36.0 Å². The van der Waals surface area contributed by atoms with E-state index < -0.39 is 0 Å². The maximum Gasteiger partial charge on any atom is 0.252 e. The number of rotatable bonds is 5. The van der Waals surface area contributed by atoms with Crippen LogP contribution in [-0.2, 0) is 0 Å². The molecule has 2 heterocycles. The van der Waals surface area contributed by atoms with Crippen LogP contribution >= 0.6 is 0 Å². The van der Waals surface area contributed by atoms with Crippen molar-refractivity contribution in [2.75, 3.05) is 47.8 Å². The number of hydrogen-bond donors (Lipinski definition) is 0. The lowest BCUT2D eigenvalue weighted by molar-refractivity contribution is 0.443. The first-order chi connectivity index (χ1) is 22.0. The molecule has 0 unspecified atom stereocenters.